The summed E-state index contributed by atoms with van der Waals surface area (Å²) in [6.07, 6.45) is 2.85. The van der Waals surface area contributed by atoms with Gasteiger partial charge < -0.3 is 5.32 Å². The monoisotopic (exact) mass is 264 g/mol. The van der Waals surface area contributed by atoms with Gasteiger partial charge in [-0.15, -0.1) is 5.10 Å². The maximum absolute atomic E-state index is 4.46. The van der Waals surface area contributed by atoms with Crippen molar-refractivity contribution >= 4 is 17.7 Å². The Morgan fingerprint density at radius 3 is 2.83 bits per heavy atom. The van der Waals surface area contributed by atoms with Crippen molar-refractivity contribution in [3.63, 3.8) is 0 Å². The Labute approximate surface area is 110 Å². The summed E-state index contributed by atoms with van der Waals surface area (Å²) in [6.45, 7) is 6.82. The minimum atomic E-state index is 0.650. The molecular formula is C11H16N6S. The predicted octanol–water partition coefficient (Wildman–Crippen LogP) is 2.18. The second-order valence-electron chi connectivity index (χ2n) is 3.91. The van der Waals surface area contributed by atoms with E-state index >= 15 is 0 Å². The zero-order valence-electron chi connectivity index (χ0n) is 10.7. The highest BCUT2D eigenvalue weighted by Gasteiger charge is 2.08. The molecule has 0 amide bonds. The van der Waals surface area contributed by atoms with Crippen LogP contribution in [-0.4, -0.2) is 31.7 Å². The van der Waals surface area contributed by atoms with Crippen LogP contribution in [0, 0.1) is 13.8 Å². The van der Waals surface area contributed by atoms with Gasteiger partial charge in [-0.3, -0.25) is 5.10 Å². The number of aryl methyl sites for hydroxylation is 2. The summed E-state index contributed by atoms with van der Waals surface area (Å²) in [5.74, 6) is 1.45. The fraction of sp³-hybridized carbons (Fsp3) is 0.455. The molecule has 96 valence electrons. The standard InChI is InChI=1S/C11H16N6S/c1-4-5-12-10-13-6-7(2)9(15-10)18-11-14-8(3)16-17-11/h6H,4-5H2,1-3H3,(H,12,13,15)(H,14,16,17). The van der Waals surface area contributed by atoms with E-state index in [2.05, 4.69) is 37.4 Å². The SMILES string of the molecule is CCCNc1ncc(C)c(Sc2n[nH]c(C)n2)n1. The second kappa shape index (κ2) is 5.81. The van der Waals surface area contributed by atoms with Gasteiger partial charge in [-0.1, -0.05) is 6.92 Å². The van der Waals surface area contributed by atoms with Crippen LogP contribution in [0.5, 0.6) is 0 Å². The molecule has 0 aliphatic heterocycles. The largest absolute Gasteiger partial charge is 0.354 e. The minimum Gasteiger partial charge on any atom is -0.354 e. The minimum absolute atomic E-state index is 0.650. The normalized spacial score (nSPS) is 10.6. The molecule has 0 fully saturated rings. The summed E-state index contributed by atoms with van der Waals surface area (Å²) < 4.78 is 0. The van der Waals surface area contributed by atoms with E-state index in [1.54, 1.807) is 0 Å². The molecule has 18 heavy (non-hydrogen) atoms. The number of H-pyrrole nitrogens is 1. The van der Waals surface area contributed by atoms with E-state index in [4.69, 9.17) is 0 Å². The van der Waals surface area contributed by atoms with Gasteiger partial charge in [0.15, 0.2) is 0 Å². The van der Waals surface area contributed by atoms with Gasteiger partial charge in [0.05, 0.1) is 0 Å². The van der Waals surface area contributed by atoms with E-state index in [1.165, 1.54) is 11.8 Å². The van der Waals surface area contributed by atoms with Crippen molar-refractivity contribution in [1.29, 1.82) is 0 Å². The van der Waals surface area contributed by atoms with Crippen molar-refractivity contribution in [2.75, 3.05) is 11.9 Å². The van der Waals surface area contributed by atoms with Crippen molar-refractivity contribution in [3.05, 3.63) is 17.6 Å². The lowest BCUT2D eigenvalue weighted by Gasteiger charge is -2.06. The van der Waals surface area contributed by atoms with E-state index in [0.717, 1.165) is 29.4 Å². The molecule has 2 heterocycles. The summed E-state index contributed by atoms with van der Waals surface area (Å²) in [4.78, 5) is 13.0. The number of hydrogen-bond acceptors (Lipinski definition) is 6. The first-order valence-electron chi connectivity index (χ1n) is 5.83. The van der Waals surface area contributed by atoms with Crippen LogP contribution in [0.2, 0.25) is 0 Å². The second-order valence-corrected chi connectivity index (χ2v) is 4.87. The molecule has 0 radical (unpaired) electrons. The van der Waals surface area contributed by atoms with Crippen LogP contribution in [0.1, 0.15) is 24.7 Å². The van der Waals surface area contributed by atoms with Gasteiger partial charge in [-0.05, 0) is 32.0 Å². The lowest BCUT2D eigenvalue weighted by Crippen LogP contribution is -2.05. The van der Waals surface area contributed by atoms with Crippen molar-refractivity contribution < 1.29 is 0 Å². The third-order valence-electron chi connectivity index (χ3n) is 2.22. The number of nitrogens with one attached hydrogen (secondary N) is 2. The first-order valence-corrected chi connectivity index (χ1v) is 6.65. The predicted molar refractivity (Wildman–Crippen MR) is 70.8 cm³/mol. The number of aromatic amines is 1. The van der Waals surface area contributed by atoms with Crippen LogP contribution >= 0.6 is 11.8 Å². The van der Waals surface area contributed by atoms with E-state index in [9.17, 15) is 0 Å². The molecule has 6 nitrogen and oxygen atoms in total. The number of aromatic nitrogens is 5. The zero-order chi connectivity index (χ0) is 13.0. The Hall–Kier alpha value is -1.63. The average Bonchev–Trinajstić information content (AvgIpc) is 2.76. The van der Waals surface area contributed by atoms with Crippen LogP contribution in [0.3, 0.4) is 0 Å². The molecule has 0 aliphatic carbocycles. The number of nitrogens with zero attached hydrogens (tertiary/aromatic N) is 4. The topological polar surface area (TPSA) is 79.4 Å². The lowest BCUT2D eigenvalue weighted by molar-refractivity contribution is 0.919. The Bertz CT molecular complexity index is 524. The summed E-state index contributed by atoms with van der Waals surface area (Å²) in [5, 5.41) is 11.6. The van der Waals surface area contributed by atoms with Crippen LogP contribution < -0.4 is 5.32 Å². The fourth-order valence-electron chi connectivity index (χ4n) is 1.31. The van der Waals surface area contributed by atoms with Gasteiger partial charge in [0, 0.05) is 18.3 Å². The first-order chi connectivity index (χ1) is 8.69. The molecule has 0 bridgehead atoms. The maximum atomic E-state index is 4.46. The fourth-order valence-corrected chi connectivity index (χ4v) is 2.10. The Kier molecular flexibility index (Phi) is 4.14. The van der Waals surface area contributed by atoms with E-state index in [0.29, 0.717) is 11.1 Å². The van der Waals surface area contributed by atoms with E-state index < -0.39 is 0 Å². The number of hydrogen-bond donors (Lipinski definition) is 2. The van der Waals surface area contributed by atoms with Crippen molar-refractivity contribution in [1.82, 2.24) is 25.1 Å². The molecule has 2 aromatic heterocycles. The van der Waals surface area contributed by atoms with Crippen molar-refractivity contribution in [2.45, 2.75) is 37.4 Å². The molecule has 0 spiro atoms. The summed E-state index contributed by atoms with van der Waals surface area (Å²) in [5.41, 5.74) is 1.02. The Balaban J connectivity index is 2.15. The molecule has 2 rings (SSSR count). The Morgan fingerprint density at radius 2 is 2.17 bits per heavy atom. The van der Waals surface area contributed by atoms with Gasteiger partial charge in [-0.25, -0.2) is 15.0 Å². The van der Waals surface area contributed by atoms with Crippen molar-refractivity contribution in [2.24, 2.45) is 0 Å². The van der Waals surface area contributed by atoms with Gasteiger partial charge in [0.2, 0.25) is 11.1 Å². The number of anilines is 1. The summed E-state index contributed by atoms with van der Waals surface area (Å²) in [6, 6.07) is 0. The molecule has 2 aromatic rings. The zero-order valence-corrected chi connectivity index (χ0v) is 11.5. The van der Waals surface area contributed by atoms with Crippen LogP contribution in [0.15, 0.2) is 16.4 Å². The lowest BCUT2D eigenvalue weighted by atomic mass is 10.4. The van der Waals surface area contributed by atoms with Gasteiger partial charge in [-0.2, -0.15) is 0 Å². The third kappa shape index (κ3) is 3.19. The van der Waals surface area contributed by atoms with E-state index in [1.807, 2.05) is 20.0 Å². The maximum Gasteiger partial charge on any atom is 0.223 e. The molecule has 2 N–H and O–H groups in total. The smallest absolute Gasteiger partial charge is 0.223 e. The Morgan fingerprint density at radius 1 is 1.33 bits per heavy atom. The van der Waals surface area contributed by atoms with Crippen LogP contribution in [0.4, 0.5) is 5.95 Å². The highest BCUT2D eigenvalue weighted by atomic mass is 32.2. The molecule has 0 aromatic carbocycles. The third-order valence-corrected chi connectivity index (χ3v) is 3.19. The molecular weight excluding hydrogens is 248 g/mol. The summed E-state index contributed by atoms with van der Waals surface area (Å²) >= 11 is 1.44. The molecule has 0 atom stereocenters. The van der Waals surface area contributed by atoms with Gasteiger partial charge in [0.25, 0.3) is 0 Å². The van der Waals surface area contributed by atoms with E-state index in [-0.39, 0.29) is 0 Å². The molecule has 0 unspecified atom stereocenters. The van der Waals surface area contributed by atoms with Gasteiger partial charge >= 0.3 is 0 Å². The van der Waals surface area contributed by atoms with Gasteiger partial charge in [0.1, 0.15) is 10.9 Å². The van der Waals surface area contributed by atoms with Crippen LogP contribution in [0.25, 0.3) is 0 Å². The summed E-state index contributed by atoms with van der Waals surface area (Å²) in [7, 11) is 0. The highest BCUT2D eigenvalue weighted by molar-refractivity contribution is 7.99. The van der Waals surface area contributed by atoms with Crippen molar-refractivity contribution in [3.8, 4) is 0 Å². The quantitative estimate of drug-likeness (QED) is 0.806. The number of rotatable bonds is 5. The molecule has 0 aliphatic rings. The molecule has 0 saturated heterocycles. The highest BCUT2D eigenvalue weighted by Crippen LogP contribution is 2.25. The molecule has 7 heteroatoms. The average molecular weight is 264 g/mol. The first kappa shape index (κ1) is 12.8. The van der Waals surface area contributed by atoms with Crippen LogP contribution in [-0.2, 0) is 0 Å². The molecule has 0 saturated carbocycles.